The molecule has 2 aromatic rings. The van der Waals surface area contributed by atoms with Crippen molar-refractivity contribution in [2.45, 2.75) is 13.5 Å². The van der Waals surface area contributed by atoms with Crippen molar-refractivity contribution >= 4 is 11.7 Å². The molecule has 5 heteroatoms. The van der Waals surface area contributed by atoms with E-state index in [1.807, 2.05) is 19.1 Å². The van der Waals surface area contributed by atoms with Gasteiger partial charge in [-0.15, -0.1) is 0 Å². The molecule has 0 aliphatic heterocycles. The molecule has 0 saturated carbocycles. The van der Waals surface area contributed by atoms with Crippen LogP contribution in [0, 0.1) is 6.92 Å². The van der Waals surface area contributed by atoms with Gasteiger partial charge in [0, 0.05) is 6.20 Å². The minimum Gasteiger partial charge on any atom is -0.484 e. The third kappa shape index (κ3) is 2.82. The smallest absolute Gasteiger partial charge is 0.339 e. The van der Waals surface area contributed by atoms with E-state index in [4.69, 9.17) is 15.6 Å². The molecule has 0 aliphatic rings. The van der Waals surface area contributed by atoms with Crippen LogP contribution < -0.4 is 10.5 Å². The maximum absolute atomic E-state index is 11.1. The number of aromatic carboxylic acids is 1. The fourth-order valence-corrected chi connectivity index (χ4v) is 1.69. The molecule has 3 N–H and O–H groups in total. The topological polar surface area (TPSA) is 85.4 Å². The molecule has 1 aromatic heterocycles. The molecule has 98 valence electrons. The Balaban J connectivity index is 2.25. The number of anilines is 1. The fraction of sp³-hybridized carbons (Fsp3) is 0.143. The molecule has 0 atom stereocenters. The molecule has 0 amide bonds. The molecule has 0 fully saturated rings. The van der Waals surface area contributed by atoms with E-state index in [9.17, 15) is 4.79 Å². The van der Waals surface area contributed by atoms with Crippen LogP contribution in [0.5, 0.6) is 5.75 Å². The summed E-state index contributed by atoms with van der Waals surface area (Å²) in [6.07, 6.45) is 1.66. The predicted octanol–water partition coefficient (Wildman–Crippen LogP) is 2.25. The number of benzene rings is 1. The van der Waals surface area contributed by atoms with Crippen molar-refractivity contribution in [3.63, 3.8) is 0 Å². The fourth-order valence-electron chi connectivity index (χ4n) is 1.69. The molecule has 1 heterocycles. The second-order valence-electron chi connectivity index (χ2n) is 4.08. The summed E-state index contributed by atoms with van der Waals surface area (Å²) in [6, 6.07) is 8.39. The Morgan fingerprint density at radius 2 is 2.16 bits per heavy atom. The van der Waals surface area contributed by atoms with Crippen LogP contribution in [0.4, 0.5) is 5.69 Å². The zero-order valence-corrected chi connectivity index (χ0v) is 10.5. The lowest BCUT2D eigenvalue weighted by Gasteiger charge is -2.12. The van der Waals surface area contributed by atoms with Gasteiger partial charge in [0.05, 0.1) is 11.4 Å². The number of carboxylic acids is 1. The monoisotopic (exact) mass is 258 g/mol. The van der Waals surface area contributed by atoms with Crippen molar-refractivity contribution in [3.8, 4) is 5.75 Å². The van der Waals surface area contributed by atoms with Crippen LogP contribution in [0.3, 0.4) is 0 Å². The van der Waals surface area contributed by atoms with Crippen LogP contribution in [-0.2, 0) is 6.61 Å². The zero-order valence-electron chi connectivity index (χ0n) is 10.5. The Hall–Kier alpha value is -2.56. The number of para-hydroxylation sites is 1. The minimum atomic E-state index is -1.07. The number of pyridine rings is 1. The number of hydrogen-bond acceptors (Lipinski definition) is 4. The molecule has 19 heavy (non-hydrogen) atoms. The Labute approximate surface area is 110 Å². The third-order valence-electron chi connectivity index (χ3n) is 2.75. The summed E-state index contributed by atoms with van der Waals surface area (Å²) < 4.78 is 5.53. The van der Waals surface area contributed by atoms with Gasteiger partial charge in [-0.25, -0.2) is 4.79 Å². The van der Waals surface area contributed by atoms with Crippen molar-refractivity contribution in [2.75, 3.05) is 5.73 Å². The van der Waals surface area contributed by atoms with Crippen molar-refractivity contribution in [3.05, 3.63) is 53.3 Å². The first-order valence-electron chi connectivity index (χ1n) is 5.74. The highest BCUT2D eigenvalue weighted by Gasteiger charge is 2.14. The van der Waals surface area contributed by atoms with E-state index >= 15 is 0 Å². The molecule has 0 radical (unpaired) electrons. The number of nitrogen functional groups attached to an aromatic ring is 1. The maximum atomic E-state index is 11.1. The van der Waals surface area contributed by atoms with Crippen LogP contribution in [0.1, 0.15) is 21.6 Å². The normalized spacial score (nSPS) is 10.2. The first-order valence-corrected chi connectivity index (χ1v) is 5.74. The number of nitrogens with two attached hydrogens (primary N) is 1. The summed E-state index contributed by atoms with van der Waals surface area (Å²) in [7, 11) is 0. The Bertz CT molecular complexity index is 611. The van der Waals surface area contributed by atoms with Crippen molar-refractivity contribution < 1.29 is 14.6 Å². The van der Waals surface area contributed by atoms with Gasteiger partial charge in [0.1, 0.15) is 12.2 Å². The summed E-state index contributed by atoms with van der Waals surface area (Å²) in [5, 5.41) is 9.09. The average molecular weight is 258 g/mol. The van der Waals surface area contributed by atoms with Crippen molar-refractivity contribution in [1.82, 2.24) is 4.98 Å². The molecule has 0 saturated heterocycles. The van der Waals surface area contributed by atoms with Gasteiger partial charge < -0.3 is 15.6 Å². The number of aromatic nitrogens is 1. The summed E-state index contributed by atoms with van der Waals surface area (Å²) in [4.78, 5) is 15.3. The van der Waals surface area contributed by atoms with E-state index < -0.39 is 5.97 Å². The van der Waals surface area contributed by atoms with Crippen LogP contribution in [0.15, 0.2) is 36.5 Å². The summed E-state index contributed by atoms with van der Waals surface area (Å²) in [5.74, 6) is -0.889. The van der Waals surface area contributed by atoms with E-state index in [1.165, 1.54) is 6.07 Å². The molecule has 0 unspecified atom stereocenters. The quantitative estimate of drug-likeness (QED) is 0.821. The van der Waals surface area contributed by atoms with Gasteiger partial charge in [-0.3, -0.25) is 4.98 Å². The largest absolute Gasteiger partial charge is 0.484 e. The number of rotatable bonds is 4. The predicted molar refractivity (Wildman–Crippen MR) is 71.1 cm³/mol. The van der Waals surface area contributed by atoms with E-state index in [0.29, 0.717) is 5.69 Å². The summed E-state index contributed by atoms with van der Waals surface area (Å²) in [5.41, 5.74) is 7.83. The van der Waals surface area contributed by atoms with Gasteiger partial charge in [0.25, 0.3) is 0 Å². The highest BCUT2D eigenvalue weighted by molar-refractivity contribution is 5.93. The van der Waals surface area contributed by atoms with Gasteiger partial charge in [0.2, 0.25) is 0 Å². The number of carboxylic acid groups (broad SMARTS) is 1. The minimum absolute atomic E-state index is 0.0496. The molecule has 5 nitrogen and oxygen atoms in total. The molecular formula is C14H14N2O3. The van der Waals surface area contributed by atoms with Crippen LogP contribution in [0.2, 0.25) is 0 Å². The average Bonchev–Trinajstić information content (AvgIpc) is 2.38. The number of aryl methyl sites for hydroxylation is 1. The second kappa shape index (κ2) is 5.39. The molecule has 0 bridgehead atoms. The Morgan fingerprint density at radius 3 is 2.84 bits per heavy atom. The first kappa shape index (κ1) is 12.9. The second-order valence-corrected chi connectivity index (χ2v) is 4.08. The lowest BCUT2D eigenvalue weighted by molar-refractivity contribution is 0.0692. The molecule has 0 aliphatic carbocycles. The van der Waals surface area contributed by atoms with E-state index in [0.717, 1.165) is 11.3 Å². The van der Waals surface area contributed by atoms with Gasteiger partial charge in [-0.1, -0.05) is 12.1 Å². The standard InChI is InChI=1S/C14H14N2O3/c1-9-4-3-7-16-12(9)8-19-13-10(14(17)18)5-2-6-11(13)15/h2-7H,8,15H2,1H3,(H,17,18). The Kier molecular flexibility index (Phi) is 3.66. The van der Waals surface area contributed by atoms with Gasteiger partial charge in [-0.2, -0.15) is 0 Å². The molecule has 2 rings (SSSR count). The number of nitrogens with zero attached hydrogens (tertiary/aromatic N) is 1. The molecule has 1 aromatic carbocycles. The number of hydrogen-bond donors (Lipinski definition) is 2. The van der Waals surface area contributed by atoms with Crippen molar-refractivity contribution in [1.29, 1.82) is 0 Å². The van der Waals surface area contributed by atoms with E-state index in [-0.39, 0.29) is 17.9 Å². The lowest BCUT2D eigenvalue weighted by atomic mass is 10.1. The van der Waals surface area contributed by atoms with Gasteiger partial charge in [0.15, 0.2) is 5.75 Å². The highest BCUT2D eigenvalue weighted by atomic mass is 16.5. The number of carbonyl (C=O) groups is 1. The van der Waals surface area contributed by atoms with Gasteiger partial charge >= 0.3 is 5.97 Å². The van der Waals surface area contributed by atoms with E-state index in [1.54, 1.807) is 18.3 Å². The van der Waals surface area contributed by atoms with Gasteiger partial charge in [-0.05, 0) is 30.7 Å². The highest BCUT2D eigenvalue weighted by Crippen LogP contribution is 2.27. The van der Waals surface area contributed by atoms with Crippen molar-refractivity contribution in [2.24, 2.45) is 0 Å². The lowest BCUT2D eigenvalue weighted by Crippen LogP contribution is -2.07. The summed E-state index contributed by atoms with van der Waals surface area (Å²) >= 11 is 0. The van der Waals surface area contributed by atoms with Crippen LogP contribution >= 0.6 is 0 Å². The Morgan fingerprint density at radius 1 is 1.37 bits per heavy atom. The third-order valence-corrected chi connectivity index (χ3v) is 2.75. The maximum Gasteiger partial charge on any atom is 0.339 e. The first-order chi connectivity index (χ1) is 9.09. The van der Waals surface area contributed by atoms with Crippen LogP contribution in [-0.4, -0.2) is 16.1 Å². The number of ether oxygens (including phenoxy) is 1. The van der Waals surface area contributed by atoms with E-state index in [2.05, 4.69) is 4.98 Å². The molecular weight excluding hydrogens is 244 g/mol. The SMILES string of the molecule is Cc1cccnc1COc1c(N)cccc1C(=O)O. The zero-order chi connectivity index (χ0) is 13.8. The summed E-state index contributed by atoms with van der Waals surface area (Å²) in [6.45, 7) is 2.10. The van der Waals surface area contributed by atoms with Crippen LogP contribution in [0.25, 0.3) is 0 Å². The molecule has 0 spiro atoms.